The number of benzene rings is 2. The number of carbonyl (C=O) groups excluding carboxylic acids is 4. The van der Waals surface area contributed by atoms with Crippen LogP contribution in [0.3, 0.4) is 0 Å². The molecule has 2 bridgehead atoms. The smallest absolute Gasteiger partial charge is 0.306 e. The number of hydrogen-bond acceptors (Lipinski definition) is 7. The molecule has 3 fully saturated rings. The van der Waals surface area contributed by atoms with Gasteiger partial charge in [-0.25, -0.2) is 0 Å². The fraction of sp³-hybridized carbons (Fsp3) is 0.474. The number of rotatable bonds is 16. The second-order valence-electron chi connectivity index (χ2n) is 13.1. The number of halogens is 1. The van der Waals surface area contributed by atoms with Crippen molar-refractivity contribution in [3.05, 3.63) is 90.5 Å². The van der Waals surface area contributed by atoms with E-state index in [1.54, 1.807) is 22.0 Å². The number of allylic oxidation sites excluding steroid dienone is 1. The van der Waals surface area contributed by atoms with E-state index in [0.717, 1.165) is 22.4 Å². The van der Waals surface area contributed by atoms with Gasteiger partial charge in [-0.2, -0.15) is 0 Å². The highest BCUT2D eigenvalue weighted by atomic mass is 79.9. The van der Waals surface area contributed by atoms with Gasteiger partial charge in [0.2, 0.25) is 11.8 Å². The van der Waals surface area contributed by atoms with E-state index in [9.17, 15) is 24.3 Å². The number of alkyl halides is 1. The maximum atomic E-state index is 14.9. The third kappa shape index (κ3) is 7.25. The number of aryl methyl sites for hydroxylation is 2. The Morgan fingerprint density at radius 1 is 1.16 bits per heavy atom. The Bertz CT molecular complexity index is 1570. The van der Waals surface area contributed by atoms with E-state index in [1.165, 1.54) is 0 Å². The molecule has 3 aliphatic heterocycles. The zero-order valence-electron chi connectivity index (χ0n) is 28.2. The van der Waals surface area contributed by atoms with Crippen molar-refractivity contribution in [3.8, 4) is 0 Å². The third-order valence-electron chi connectivity index (χ3n) is 9.85. The summed E-state index contributed by atoms with van der Waals surface area (Å²) in [6.45, 7) is 11.8. The van der Waals surface area contributed by atoms with E-state index in [1.807, 2.05) is 62.4 Å². The lowest BCUT2D eigenvalue weighted by Gasteiger charge is -2.37. The molecule has 1 spiro atoms. The first-order valence-corrected chi connectivity index (χ1v) is 17.8. The predicted molar refractivity (Wildman–Crippen MR) is 190 cm³/mol. The summed E-state index contributed by atoms with van der Waals surface area (Å²) in [4.78, 5) is 59.1. The number of likely N-dealkylation sites (tertiary alicyclic amines) is 1. The van der Waals surface area contributed by atoms with Gasteiger partial charge >= 0.3 is 5.97 Å². The Labute approximate surface area is 296 Å². The van der Waals surface area contributed by atoms with Crippen LogP contribution in [0, 0.1) is 25.7 Å². The lowest BCUT2D eigenvalue weighted by molar-refractivity contribution is -0.145. The van der Waals surface area contributed by atoms with Crippen LogP contribution in [0.15, 0.2) is 73.8 Å². The van der Waals surface area contributed by atoms with E-state index < -0.39 is 47.5 Å². The standard InChI is InChI=1S/C38H46BrN3O7/c1-5-7-15-30(44)48-23-28(26-13-9-8-10-14-26)40-35(45)31-32-36(46)42(19-11-12-20-43)34(38(32)22-27(39)33(31)49-38)37(47)41(18-6-2)29-21-24(3)16-17-25(29)4/h5-6,8-10,13-14,16-17,21,27-28,31-34,43H,1-2,7,11-12,15,18-20,22-23H2,3-4H3,(H,40,45)/t27?,28-,31+,32-,33+,34+,38-/m0/s1. The van der Waals surface area contributed by atoms with Crippen LogP contribution in [0.1, 0.15) is 54.8 Å². The van der Waals surface area contributed by atoms with Gasteiger partial charge in [0, 0.05) is 36.6 Å². The van der Waals surface area contributed by atoms with E-state index in [0.29, 0.717) is 25.7 Å². The number of carbonyl (C=O) groups is 4. The topological polar surface area (TPSA) is 125 Å². The maximum absolute atomic E-state index is 14.9. The number of nitrogens with zero attached hydrogens (tertiary/aromatic N) is 2. The normalized spacial score (nSPS) is 25.8. The minimum Gasteiger partial charge on any atom is -0.463 e. The zero-order chi connectivity index (χ0) is 35.3. The van der Waals surface area contributed by atoms with Crippen molar-refractivity contribution in [3.63, 3.8) is 0 Å². The van der Waals surface area contributed by atoms with Crippen molar-refractivity contribution in [2.75, 3.05) is 31.2 Å². The highest BCUT2D eigenvalue weighted by Crippen LogP contribution is 2.60. The van der Waals surface area contributed by atoms with Gasteiger partial charge in [-0.3, -0.25) is 19.2 Å². The van der Waals surface area contributed by atoms with E-state index in [2.05, 4.69) is 34.4 Å². The molecule has 2 N–H and O–H groups in total. The molecule has 0 saturated carbocycles. The summed E-state index contributed by atoms with van der Waals surface area (Å²) in [5.74, 6) is -3.25. The van der Waals surface area contributed by atoms with Crippen molar-refractivity contribution in [1.82, 2.24) is 10.2 Å². The van der Waals surface area contributed by atoms with Gasteiger partial charge in [-0.1, -0.05) is 70.5 Å². The Morgan fingerprint density at radius 3 is 2.61 bits per heavy atom. The molecule has 3 saturated heterocycles. The van der Waals surface area contributed by atoms with Crippen molar-refractivity contribution in [2.24, 2.45) is 11.8 Å². The van der Waals surface area contributed by atoms with Gasteiger partial charge < -0.3 is 29.7 Å². The van der Waals surface area contributed by atoms with Crippen molar-refractivity contribution < 1.29 is 33.8 Å². The number of amides is 3. The van der Waals surface area contributed by atoms with Crippen LogP contribution < -0.4 is 10.2 Å². The fourth-order valence-corrected chi connectivity index (χ4v) is 8.52. The van der Waals surface area contributed by atoms with Crippen LogP contribution in [0.4, 0.5) is 5.69 Å². The Kier molecular flexibility index (Phi) is 11.8. The van der Waals surface area contributed by atoms with Crippen molar-refractivity contribution >= 4 is 45.3 Å². The summed E-state index contributed by atoms with van der Waals surface area (Å²) in [5.41, 5.74) is 2.08. The summed E-state index contributed by atoms with van der Waals surface area (Å²) < 4.78 is 12.3. The number of unbranched alkanes of at least 4 members (excludes halogenated alkanes) is 1. The van der Waals surface area contributed by atoms with Gasteiger partial charge in [0.15, 0.2) is 0 Å². The van der Waals surface area contributed by atoms with Crippen molar-refractivity contribution in [2.45, 2.75) is 74.6 Å². The van der Waals surface area contributed by atoms with Gasteiger partial charge in [0.05, 0.1) is 24.0 Å². The van der Waals surface area contributed by atoms with Gasteiger partial charge in [-0.15, -0.1) is 13.2 Å². The SMILES string of the molecule is C=CCCC(=O)OC[C@H](NC(=O)[C@H]1[C@@H]2O[C@@]3(CC2Br)[C@@H]1C(=O)N(CCCCO)[C@@H]3C(=O)N(CC=C)c1cc(C)ccc1C)c1ccccc1. The minimum absolute atomic E-state index is 0.0492. The molecule has 3 amide bonds. The molecule has 0 aromatic heterocycles. The molecule has 11 heteroatoms. The molecule has 262 valence electrons. The second kappa shape index (κ2) is 15.8. The van der Waals surface area contributed by atoms with E-state index in [-0.39, 0.29) is 49.4 Å². The average molecular weight is 737 g/mol. The van der Waals surface area contributed by atoms with Gasteiger partial charge in [0.25, 0.3) is 5.91 Å². The zero-order valence-corrected chi connectivity index (χ0v) is 29.8. The van der Waals surface area contributed by atoms with Crippen LogP contribution >= 0.6 is 15.9 Å². The maximum Gasteiger partial charge on any atom is 0.306 e. The number of hydrogen-bond donors (Lipinski definition) is 2. The molecular formula is C38H46BrN3O7. The number of anilines is 1. The monoisotopic (exact) mass is 735 g/mol. The summed E-state index contributed by atoms with van der Waals surface area (Å²) in [5, 5.41) is 12.6. The number of ether oxygens (including phenoxy) is 2. The van der Waals surface area contributed by atoms with Crippen molar-refractivity contribution in [1.29, 1.82) is 0 Å². The molecule has 10 nitrogen and oxygen atoms in total. The molecule has 0 radical (unpaired) electrons. The number of esters is 1. The summed E-state index contributed by atoms with van der Waals surface area (Å²) in [6, 6.07) is 13.4. The molecule has 2 aromatic carbocycles. The third-order valence-corrected chi connectivity index (χ3v) is 10.7. The lowest BCUT2D eigenvalue weighted by Crippen LogP contribution is -2.57. The molecule has 5 rings (SSSR count). The fourth-order valence-electron chi connectivity index (χ4n) is 7.58. The molecule has 0 aliphatic carbocycles. The molecule has 7 atom stereocenters. The summed E-state index contributed by atoms with van der Waals surface area (Å²) in [6.07, 6.45) is 4.58. The van der Waals surface area contributed by atoms with Gasteiger partial charge in [-0.05, 0) is 62.3 Å². The molecule has 49 heavy (non-hydrogen) atoms. The lowest BCUT2D eigenvalue weighted by atomic mass is 9.70. The predicted octanol–water partition coefficient (Wildman–Crippen LogP) is 4.71. The average Bonchev–Trinajstić information content (AvgIpc) is 3.69. The van der Waals surface area contributed by atoms with E-state index in [4.69, 9.17) is 9.47 Å². The molecule has 1 unspecified atom stereocenters. The molecule has 3 heterocycles. The highest BCUT2D eigenvalue weighted by molar-refractivity contribution is 9.09. The highest BCUT2D eigenvalue weighted by Gasteiger charge is 2.76. The Hall–Kier alpha value is -3.80. The Morgan fingerprint density at radius 2 is 1.92 bits per heavy atom. The number of aliphatic hydroxyl groups is 1. The number of nitrogens with one attached hydrogen (secondary N) is 1. The number of aliphatic hydroxyl groups excluding tert-OH is 1. The largest absolute Gasteiger partial charge is 0.463 e. The second-order valence-corrected chi connectivity index (χ2v) is 14.3. The van der Waals surface area contributed by atoms with Crippen LogP contribution in [0.5, 0.6) is 0 Å². The van der Waals surface area contributed by atoms with Crippen LogP contribution in [-0.4, -0.2) is 82.6 Å². The van der Waals surface area contributed by atoms with Gasteiger partial charge in [0.1, 0.15) is 18.2 Å². The quantitative estimate of drug-likeness (QED) is 0.111. The van der Waals surface area contributed by atoms with E-state index >= 15 is 0 Å². The van der Waals surface area contributed by atoms with Crippen LogP contribution in [-0.2, 0) is 28.7 Å². The first-order valence-electron chi connectivity index (χ1n) is 16.9. The first kappa shape index (κ1) is 36.5. The molecular weight excluding hydrogens is 690 g/mol. The summed E-state index contributed by atoms with van der Waals surface area (Å²) in [7, 11) is 0. The summed E-state index contributed by atoms with van der Waals surface area (Å²) >= 11 is 3.75. The first-order chi connectivity index (χ1) is 23.6. The van der Waals surface area contributed by atoms with Crippen LogP contribution in [0.25, 0.3) is 0 Å². The number of fused-ring (bicyclic) bond motifs is 1. The molecule has 3 aliphatic rings. The minimum atomic E-state index is -1.26. The molecule has 2 aromatic rings. The van der Waals surface area contributed by atoms with Crippen LogP contribution in [0.2, 0.25) is 0 Å². The Balaban J connectivity index is 1.49.